The predicted molar refractivity (Wildman–Crippen MR) is 114 cm³/mol. The number of imidazole rings is 1. The summed E-state index contributed by atoms with van der Waals surface area (Å²) in [4.78, 5) is 13.7. The number of pyridine rings is 3. The predicted octanol–water partition coefficient (Wildman–Crippen LogP) is 5.76. The number of fused-ring (bicyclic) bond motifs is 1. The van der Waals surface area contributed by atoms with Crippen molar-refractivity contribution in [2.45, 2.75) is 33.6 Å². The molecular formula is C22H22ClN5. The van der Waals surface area contributed by atoms with E-state index in [1.165, 1.54) is 11.4 Å². The molecule has 28 heavy (non-hydrogen) atoms. The van der Waals surface area contributed by atoms with Gasteiger partial charge in [0.1, 0.15) is 11.5 Å². The van der Waals surface area contributed by atoms with Crippen molar-refractivity contribution in [1.29, 1.82) is 0 Å². The fourth-order valence-corrected chi connectivity index (χ4v) is 3.58. The lowest BCUT2D eigenvalue weighted by atomic mass is 10.1. The van der Waals surface area contributed by atoms with E-state index in [1.54, 1.807) is 6.20 Å². The summed E-state index contributed by atoms with van der Waals surface area (Å²) in [5, 5.41) is 3.77. The van der Waals surface area contributed by atoms with Gasteiger partial charge in [0.2, 0.25) is 0 Å². The minimum atomic E-state index is 0.550. The number of hydrogen-bond donors (Lipinski definition) is 1. The van der Waals surface area contributed by atoms with Crippen molar-refractivity contribution in [2.75, 3.05) is 5.32 Å². The average Bonchev–Trinajstić information content (AvgIpc) is 3.05. The van der Waals surface area contributed by atoms with Gasteiger partial charge < -0.3 is 9.72 Å². The molecule has 1 N–H and O–H groups in total. The zero-order valence-electron chi connectivity index (χ0n) is 16.2. The monoisotopic (exact) mass is 391 g/mol. The van der Waals surface area contributed by atoms with E-state index in [2.05, 4.69) is 39.6 Å². The van der Waals surface area contributed by atoms with Crippen LogP contribution in [0.3, 0.4) is 0 Å². The quantitative estimate of drug-likeness (QED) is 0.470. The van der Waals surface area contributed by atoms with E-state index in [0.717, 1.165) is 41.1 Å². The first-order valence-corrected chi connectivity index (χ1v) is 9.77. The summed E-state index contributed by atoms with van der Waals surface area (Å²) >= 11 is 6.54. The summed E-state index contributed by atoms with van der Waals surface area (Å²) in [6, 6.07) is 12.0. The molecule has 0 unspecified atom stereocenters. The number of aromatic nitrogens is 4. The Labute approximate surface area is 169 Å². The maximum absolute atomic E-state index is 6.54. The van der Waals surface area contributed by atoms with E-state index in [1.807, 2.05) is 43.5 Å². The van der Waals surface area contributed by atoms with Crippen molar-refractivity contribution < 1.29 is 0 Å². The highest BCUT2D eigenvalue weighted by Gasteiger charge is 2.16. The molecule has 4 aromatic heterocycles. The summed E-state index contributed by atoms with van der Waals surface area (Å²) in [6.45, 7) is 6.23. The van der Waals surface area contributed by atoms with Crippen LogP contribution in [0.5, 0.6) is 0 Å². The zero-order valence-corrected chi connectivity index (χ0v) is 17.0. The SMILES string of the molecule is CCCc1c(-c2cnc(Nc3ccc(C)nc3)c(Cl)c2)nc2cccc(C)n12. The Balaban J connectivity index is 1.74. The highest BCUT2D eigenvalue weighted by atomic mass is 35.5. The Morgan fingerprint density at radius 1 is 1.07 bits per heavy atom. The molecule has 0 bridgehead atoms. The molecule has 0 aromatic carbocycles. The summed E-state index contributed by atoms with van der Waals surface area (Å²) in [6.07, 6.45) is 5.57. The first-order valence-electron chi connectivity index (χ1n) is 9.39. The van der Waals surface area contributed by atoms with Crippen LogP contribution in [0.1, 0.15) is 30.4 Å². The summed E-state index contributed by atoms with van der Waals surface area (Å²) < 4.78 is 2.22. The maximum Gasteiger partial charge on any atom is 0.149 e. The molecular weight excluding hydrogens is 370 g/mol. The van der Waals surface area contributed by atoms with Crippen molar-refractivity contribution in [3.63, 3.8) is 0 Å². The maximum atomic E-state index is 6.54. The van der Waals surface area contributed by atoms with Crippen LogP contribution in [0.4, 0.5) is 11.5 Å². The van der Waals surface area contributed by atoms with E-state index < -0.39 is 0 Å². The van der Waals surface area contributed by atoms with Crippen LogP contribution >= 0.6 is 11.6 Å². The molecule has 142 valence electrons. The highest BCUT2D eigenvalue weighted by molar-refractivity contribution is 6.33. The molecule has 6 heteroatoms. The molecule has 4 rings (SSSR count). The first-order chi connectivity index (χ1) is 13.6. The third-order valence-corrected chi connectivity index (χ3v) is 5.00. The van der Waals surface area contributed by atoms with Crippen LogP contribution in [0.25, 0.3) is 16.9 Å². The van der Waals surface area contributed by atoms with Crippen LogP contribution in [0.2, 0.25) is 5.02 Å². The largest absolute Gasteiger partial charge is 0.338 e. The summed E-state index contributed by atoms with van der Waals surface area (Å²) in [5.74, 6) is 0.605. The molecule has 4 aromatic rings. The molecule has 5 nitrogen and oxygen atoms in total. The summed E-state index contributed by atoms with van der Waals surface area (Å²) in [5.41, 5.74) is 6.98. The smallest absolute Gasteiger partial charge is 0.149 e. The molecule has 0 saturated carbocycles. The minimum Gasteiger partial charge on any atom is -0.338 e. The lowest BCUT2D eigenvalue weighted by Crippen LogP contribution is -1.99. The lowest BCUT2D eigenvalue weighted by Gasteiger charge is -2.10. The Bertz CT molecular complexity index is 1130. The van der Waals surface area contributed by atoms with E-state index >= 15 is 0 Å². The molecule has 4 heterocycles. The van der Waals surface area contributed by atoms with E-state index in [-0.39, 0.29) is 0 Å². The van der Waals surface area contributed by atoms with Crippen LogP contribution in [0.15, 0.2) is 48.8 Å². The van der Waals surface area contributed by atoms with E-state index in [9.17, 15) is 0 Å². The standard InChI is InChI=1S/C22H22ClN5/c1-4-6-19-21(27-20-8-5-7-15(3)28(19)20)16-11-18(23)22(25-12-16)26-17-10-9-14(2)24-13-17/h5,7-13H,4,6H2,1-3H3,(H,25,26). The topological polar surface area (TPSA) is 55.1 Å². The minimum absolute atomic E-state index is 0.550. The Morgan fingerprint density at radius 2 is 1.93 bits per heavy atom. The highest BCUT2D eigenvalue weighted by Crippen LogP contribution is 2.31. The van der Waals surface area contributed by atoms with Gasteiger partial charge in [-0.2, -0.15) is 0 Å². The van der Waals surface area contributed by atoms with Gasteiger partial charge in [-0.15, -0.1) is 0 Å². The molecule has 0 aliphatic carbocycles. The fraction of sp³-hybridized carbons (Fsp3) is 0.227. The van der Waals surface area contributed by atoms with E-state index in [4.69, 9.17) is 16.6 Å². The van der Waals surface area contributed by atoms with Crippen molar-refractivity contribution >= 4 is 28.8 Å². The van der Waals surface area contributed by atoms with Gasteiger partial charge in [-0.1, -0.05) is 31.0 Å². The Kier molecular flexibility index (Phi) is 5.01. The Hall–Kier alpha value is -2.92. The van der Waals surface area contributed by atoms with Crippen LogP contribution in [-0.2, 0) is 6.42 Å². The zero-order chi connectivity index (χ0) is 19.7. The van der Waals surface area contributed by atoms with Gasteiger partial charge in [0.15, 0.2) is 0 Å². The number of rotatable bonds is 5. The lowest BCUT2D eigenvalue weighted by molar-refractivity contribution is 0.858. The van der Waals surface area contributed by atoms with Crippen molar-refractivity contribution in [3.8, 4) is 11.3 Å². The molecule has 0 aliphatic rings. The first kappa shape index (κ1) is 18.4. The number of aryl methyl sites for hydroxylation is 3. The second-order valence-electron chi connectivity index (χ2n) is 6.89. The normalized spacial score (nSPS) is 11.1. The number of nitrogens with zero attached hydrogens (tertiary/aromatic N) is 4. The molecule has 0 aliphatic heterocycles. The third-order valence-electron chi connectivity index (χ3n) is 4.71. The van der Waals surface area contributed by atoms with Gasteiger partial charge in [-0.25, -0.2) is 9.97 Å². The molecule has 0 spiro atoms. The molecule has 0 radical (unpaired) electrons. The van der Waals surface area contributed by atoms with Gasteiger partial charge in [-0.05, 0) is 50.6 Å². The van der Waals surface area contributed by atoms with Gasteiger partial charge in [0.05, 0.1) is 28.3 Å². The second-order valence-corrected chi connectivity index (χ2v) is 7.29. The van der Waals surface area contributed by atoms with Crippen molar-refractivity contribution in [3.05, 3.63) is 70.9 Å². The van der Waals surface area contributed by atoms with Gasteiger partial charge in [-0.3, -0.25) is 4.98 Å². The molecule has 0 fully saturated rings. The van der Waals surface area contributed by atoms with Gasteiger partial charge in [0.25, 0.3) is 0 Å². The number of nitrogens with one attached hydrogen (secondary N) is 1. The second kappa shape index (κ2) is 7.60. The molecule has 0 amide bonds. The third kappa shape index (κ3) is 3.45. The van der Waals surface area contributed by atoms with Gasteiger partial charge >= 0.3 is 0 Å². The van der Waals surface area contributed by atoms with Crippen molar-refractivity contribution in [2.24, 2.45) is 0 Å². The van der Waals surface area contributed by atoms with Crippen LogP contribution in [-0.4, -0.2) is 19.4 Å². The summed E-state index contributed by atoms with van der Waals surface area (Å²) in [7, 11) is 0. The number of halogens is 1. The molecule has 0 atom stereocenters. The van der Waals surface area contributed by atoms with Crippen molar-refractivity contribution in [1.82, 2.24) is 19.4 Å². The van der Waals surface area contributed by atoms with Gasteiger partial charge in [0, 0.05) is 23.1 Å². The number of hydrogen-bond acceptors (Lipinski definition) is 4. The Morgan fingerprint density at radius 3 is 2.64 bits per heavy atom. The molecule has 0 saturated heterocycles. The van der Waals surface area contributed by atoms with Crippen LogP contribution < -0.4 is 5.32 Å². The number of anilines is 2. The van der Waals surface area contributed by atoms with E-state index in [0.29, 0.717) is 10.8 Å². The average molecular weight is 392 g/mol. The van der Waals surface area contributed by atoms with Crippen LogP contribution in [0, 0.1) is 13.8 Å². The fourth-order valence-electron chi connectivity index (χ4n) is 3.36.